The second-order valence-electron chi connectivity index (χ2n) is 4.22. The van der Waals surface area contributed by atoms with Crippen LogP contribution in [0.3, 0.4) is 0 Å². The monoisotopic (exact) mass is 227 g/mol. The maximum absolute atomic E-state index is 12.1. The third-order valence-corrected chi connectivity index (χ3v) is 6.14. The average Bonchev–Trinajstić information content (AvgIpc) is 2.87. The topological polar surface area (TPSA) is 35.5 Å². The standard InChI is InChI=1S/C11H15O3S/c12-11-8-6-13-7-14-9(8)5-10(11)15-3-1-2-4-15/h10H,1-7H2/q+1. The van der Waals surface area contributed by atoms with E-state index in [1.165, 1.54) is 24.3 Å². The number of allylic oxidation sites excluding steroid dienone is 1. The van der Waals surface area contributed by atoms with Crippen molar-refractivity contribution in [3.05, 3.63) is 11.3 Å². The Hall–Kier alpha value is -0.480. The molecule has 0 aromatic heterocycles. The molecular weight excluding hydrogens is 212 g/mol. The fourth-order valence-electron chi connectivity index (χ4n) is 2.50. The summed E-state index contributed by atoms with van der Waals surface area (Å²) in [5.41, 5.74) is 0.825. The SMILES string of the molecule is O=C1C2=C(CC1[S+]1CCCC1)OCOC2. The molecule has 0 bridgehead atoms. The van der Waals surface area contributed by atoms with Crippen LogP contribution in [0.2, 0.25) is 0 Å². The normalized spacial score (nSPS) is 32.0. The van der Waals surface area contributed by atoms with Crippen molar-refractivity contribution in [2.45, 2.75) is 24.5 Å². The molecule has 0 radical (unpaired) electrons. The summed E-state index contributed by atoms with van der Waals surface area (Å²) in [4.78, 5) is 12.1. The van der Waals surface area contributed by atoms with E-state index < -0.39 is 0 Å². The van der Waals surface area contributed by atoms with Crippen molar-refractivity contribution in [1.82, 2.24) is 0 Å². The minimum atomic E-state index is 0.235. The van der Waals surface area contributed by atoms with Crippen LogP contribution in [-0.4, -0.2) is 35.9 Å². The molecule has 2 aliphatic heterocycles. The largest absolute Gasteiger partial charge is 0.471 e. The Morgan fingerprint density at radius 2 is 2.07 bits per heavy atom. The molecule has 0 aromatic rings. The minimum Gasteiger partial charge on any atom is -0.471 e. The van der Waals surface area contributed by atoms with E-state index in [-0.39, 0.29) is 5.25 Å². The highest BCUT2D eigenvalue weighted by Gasteiger charge is 2.47. The molecule has 1 unspecified atom stereocenters. The Kier molecular flexibility index (Phi) is 2.48. The van der Waals surface area contributed by atoms with Crippen LogP contribution in [0.1, 0.15) is 19.3 Å². The Morgan fingerprint density at radius 1 is 1.27 bits per heavy atom. The van der Waals surface area contributed by atoms with Crippen LogP contribution < -0.4 is 0 Å². The first-order valence-corrected chi connectivity index (χ1v) is 7.12. The summed E-state index contributed by atoms with van der Waals surface area (Å²) in [6.07, 6.45) is 3.45. The van der Waals surface area contributed by atoms with Gasteiger partial charge >= 0.3 is 0 Å². The summed E-state index contributed by atoms with van der Waals surface area (Å²) in [5, 5.41) is 0.235. The molecule has 1 atom stereocenters. The van der Waals surface area contributed by atoms with Gasteiger partial charge in [-0.1, -0.05) is 0 Å². The van der Waals surface area contributed by atoms with Crippen LogP contribution in [0.4, 0.5) is 0 Å². The van der Waals surface area contributed by atoms with Gasteiger partial charge in [0, 0.05) is 0 Å². The van der Waals surface area contributed by atoms with Gasteiger partial charge in [-0.25, -0.2) is 0 Å². The minimum absolute atomic E-state index is 0.235. The zero-order valence-electron chi connectivity index (χ0n) is 8.66. The van der Waals surface area contributed by atoms with E-state index in [1.807, 2.05) is 0 Å². The predicted octanol–water partition coefficient (Wildman–Crippen LogP) is 0.998. The summed E-state index contributed by atoms with van der Waals surface area (Å²) >= 11 is 0. The first-order chi connectivity index (χ1) is 7.36. The van der Waals surface area contributed by atoms with Crippen LogP contribution in [0.25, 0.3) is 0 Å². The predicted molar refractivity (Wildman–Crippen MR) is 58.7 cm³/mol. The van der Waals surface area contributed by atoms with Gasteiger partial charge in [-0.15, -0.1) is 0 Å². The van der Waals surface area contributed by atoms with Crippen molar-refractivity contribution in [2.24, 2.45) is 0 Å². The van der Waals surface area contributed by atoms with Crippen LogP contribution in [0.5, 0.6) is 0 Å². The summed E-state index contributed by atoms with van der Waals surface area (Å²) in [6, 6.07) is 0. The maximum atomic E-state index is 12.1. The van der Waals surface area contributed by atoms with Gasteiger partial charge in [0.1, 0.15) is 17.3 Å². The lowest BCUT2D eigenvalue weighted by molar-refractivity contribution is -0.116. The van der Waals surface area contributed by atoms with Crippen LogP contribution in [0.15, 0.2) is 11.3 Å². The molecule has 0 saturated carbocycles. The van der Waals surface area contributed by atoms with Gasteiger partial charge in [-0.2, -0.15) is 0 Å². The van der Waals surface area contributed by atoms with Crippen molar-refractivity contribution >= 4 is 16.7 Å². The number of carbonyl (C=O) groups excluding carboxylic acids is 1. The number of ether oxygens (including phenoxy) is 2. The van der Waals surface area contributed by atoms with Crippen LogP contribution in [0, 0.1) is 0 Å². The van der Waals surface area contributed by atoms with E-state index >= 15 is 0 Å². The highest BCUT2D eigenvalue weighted by atomic mass is 32.2. The lowest BCUT2D eigenvalue weighted by atomic mass is 10.2. The molecule has 1 aliphatic carbocycles. The second kappa shape index (κ2) is 3.83. The summed E-state index contributed by atoms with van der Waals surface area (Å²) in [7, 11) is 0.324. The zero-order chi connectivity index (χ0) is 10.3. The van der Waals surface area contributed by atoms with Crippen molar-refractivity contribution < 1.29 is 14.3 Å². The smallest absolute Gasteiger partial charge is 0.217 e. The van der Waals surface area contributed by atoms with E-state index in [0.29, 0.717) is 30.1 Å². The number of Topliss-reactive ketones (excluding diaryl/α,β-unsaturated/α-hetero) is 1. The quantitative estimate of drug-likeness (QED) is 0.627. The number of carbonyl (C=O) groups is 1. The summed E-state index contributed by atoms with van der Waals surface area (Å²) in [6.45, 7) is 0.800. The van der Waals surface area contributed by atoms with Gasteiger partial charge in [0.2, 0.25) is 5.78 Å². The molecule has 1 fully saturated rings. The molecule has 82 valence electrons. The van der Waals surface area contributed by atoms with E-state index in [2.05, 4.69) is 0 Å². The molecule has 3 rings (SSSR count). The molecule has 4 heteroatoms. The molecule has 3 aliphatic rings. The van der Waals surface area contributed by atoms with Crippen molar-refractivity contribution in [3.8, 4) is 0 Å². The Bertz CT molecular complexity index is 318. The Labute approximate surface area is 92.2 Å². The third-order valence-electron chi connectivity index (χ3n) is 3.33. The molecule has 2 heterocycles. The van der Waals surface area contributed by atoms with Gasteiger partial charge in [0.15, 0.2) is 12.0 Å². The third kappa shape index (κ3) is 1.60. The average molecular weight is 227 g/mol. The van der Waals surface area contributed by atoms with Crippen molar-refractivity contribution in [2.75, 3.05) is 24.9 Å². The molecule has 15 heavy (non-hydrogen) atoms. The first kappa shape index (κ1) is 9.73. The molecule has 0 spiro atoms. The molecule has 1 saturated heterocycles. The molecule has 0 N–H and O–H groups in total. The second-order valence-corrected chi connectivity index (χ2v) is 6.68. The zero-order valence-corrected chi connectivity index (χ0v) is 9.48. The summed E-state index contributed by atoms with van der Waals surface area (Å²) in [5.74, 6) is 3.74. The number of rotatable bonds is 1. The molecule has 0 amide bonds. The van der Waals surface area contributed by atoms with Gasteiger partial charge < -0.3 is 9.47 Å². The maximum Gasteiger partial charge on any atom is 0.217 e. The van der Waals surface area contributed by atoms with Crippen LogP contribution >= 0.6 is 0 Å². The highest BCUT2D eigenvalue weighted by Crippen LogP contribution is 2.34. The Morgan fingerprint density at radius 3 is 2.80 bits per heavy atom. The number of ketones is 1. The first-order valence-electron chi connectivity index (χ1n) is 5.49. The van der Waals surface area contributed by atoms with Gasteiger partial charge in [0.25, 0.3) is 0 Å². The van der Waals surface area contributed by atoms with Gasteiger partial charge in [-0.05, 0) is 23.7 Å². The van der Waals surface area contributed by atoms with Gasteiger partial charge in [0.05, 0.1) is 18.6 Å². The lowest BCUT2D eigenvalue weighted by Crippen LogP contribution is -2.29. The molecular formula is C11H15O3S+. The van der Waals surface area contributed by atoms with Gasteiger partial charge in [-0.3, -0.25) is 4.79 Å². The highest BCUT2D eigenvalue weighted by molar-refractivity contribution is 7.98. The number of hydrogen-bond acceptors (Lipinski definition) is 3. The summed E-state index contributed by atoms with van der Waals surface area (Å²) < 4.78 is 10.6. The van der Waals surface area contributed by atoms with E-state index in [9.17, 15) is 4.79 Å². The van der Waals surface area contributed by atoms with E-state index in [0.717, 1.165) is 17.8 Å². The number of hydrogen-bond donors (Lipinski definition) is 0. The fraction of sp³-hybridized carbons (Fsp3) is 0.727. The van der Waals surface area contributed by atoms with E-state index in [4.69, 9.17) is 9.47 Å². The van der Waals surface area contributed by atoms with Crippen molar-refractivity contribution in [1.29, 1.82) is 0 Å². The lowest BCUT2D eigenvalue weighted by Gasteiger charge is -2.14. The van der Waals surface area contributed by atoms with E-state index in [1.54, 1.807) is 0 Å². The molecule has 0 aromatic carbocycles. The van der Waals surface area contributed by atoms with Crippen LogP contribution in [-0.2, 0) is 25.2 Å². The van der Waals surface area contributed by atoms with Crippen molar-refractivity contribution in [3.63, 3.8) is 0 Å². The molecule has 3 nitrogen and oxygen atoms in total. The fourth-order valence-corrected chi connectivity index (χ4v) is 5.26. The Balaban J connectivity index is 1.77.